The molecule has 0 bridgehead atoms. The fourth-order valence-corrected chi connectivity index (χ4v) is 6.41. The number of hydrogen-bond donors (Lipinski definition) is 3. The van der Waals surface area contributed by atoms with Crippen molar-refractivity contribution in [2.45, 2.75) is 78.4 Å². The number of pyridine rings is 1. The van der Waals surface area contributed by atoms with E-state index in [1.165, 1.54) is 18.9 Å². The van der Waals surface area contributed by atoms with Gasteiger partial charge in [-0.05, 0) is 88.7 Å². The smallest absolute Gasteiger partial charge is 0.319 e. The van der Waals surface area contributed by atoms with Gasteiger partial charge in [-0.2, -0.15) is 9.97 Å². The van der Waals surface area contributed by atoms with Crippen LogP contribution in [0, 0.1) is 18.2 Å². The van der Waals surface area contributed by atoms with Crippen LogP contribution in [0.4, 0.5) is 10.2 Å². The summed E-state index contributed by atoms with van der Waals surface area (Å²) in [7, 11) is 1.00. The molecule has 3 N–H and O–H groups in total. The van der Waals surface area contributed by atoms with Crippen molar-refractivity contribution in [1.82, 2.24) is 19.9 Å². The number of aromatic hydroxyl groups is 1. The first-order valence-corrected chi connectivity index (χ1v) is 16.2. The largest absolute Gasteiger partial charge is 0.508 e. The predicted octanol–water partition coefficient (Wildman–Crippen LogP) is 6.92. The summed E-state index contributed by atoms with van der Waals surface area (Å²) in [5, 5.41) is 22.7. The fourth-order valence-electron chi connectivity index (χ4n) is 6.41. The number of terminal acetylenes is 1. The lowest BCUT2D eigenvalue weighted by Crippen LogP contribution is -2.43. The van der Waals surface area contributed by atoms with E-state index < -0.39 is 5.82 Å². The monoisotopic (exact) mass is 631 g/mol. The zero-order valence-electron chi connectivity index (χ0n) is 27.8. The van der Waals surface area contributed by atoms with Gasteiger partial charge in [0, 0.05) is 24.6 Å². The van der Waals surface area contributed by atoms with Crippen LogP contribution in [0.1, 0.15) is 72.3 Å². The van der Waals surface area contributed by atoms with E-state index in [-0.39, 0.29) is 29.0 Å². The van der Waals surface area contributed by atoms with Gasteiger partial charge in [-0.1, -0.05) is 32.8 Å². The third-order valence-corrected chi connectivity index (χ3v) is 8.27. The maximum absolute atomic E-state index is 14.9. The molecule has 0 aliphatic carbocycles. The molecule has 9 nitrogen and oxygen atoms in total. The number of aromatic nitrogens is 3. The molecule has 246 valence electrons. The van der Waals surface area contributed by atoms with E-state index in [4.69, 9.17) is 36.0 Å². The summed E-state index contributed by atoms with van der Waals surface area (Å²) in [4.78, 5) is 17.0. The Labute approximate surface area is 271 Å². The number of anilines is 1. The molecule has 2 saturated heterocycles. The third-order valence-electron chi connectivity index (χ3n) is 8.27. The van der Waals surface area contributed by atoms with Gasteiger partial charge in [0.15, 0.2) is 0 Å². The summed E-state index contributed by atoms with van der Waals surface area (Å²) in [5.41, 5.74) is 1.61. The van der Waals surface area contributed by atoms with E-state index in [0.717, 1.165) is 39.5 Å². The van der Waals surface area contributed by atoms with Gasteiger partial charge in [0.2, 0.25) is 5.88 Å². The van der Waals surface area contributed by atoms with Crippen LogP contribution < -0.4 is 14.8 Å². The van der Waals surface area contributed by atoms with Crippen molar-refractivity contribution in [3.05, 3.63) is 41.7 Å². The predicted molar refractivity (Wildman–Crippen MR) is 182 cm³/mol. The SMILES string of the molecule is C#Cc1c(F)ccc2cc(O)cc(-c3cc4nc(OCC56CCCN5CCC6)nc(NCCC)c4c(OC(C)C)n3)c12.CC.CO. The topological polar surface area (TPSA) is 113 Å². The Morgan fingerprint density at radius 2 is 1.78 bits per heavy atom. The molecule has 4 heterocycles. The van der Waals surface area contributed by atoms with Crippen LogP contribution in [0.15, 0.2) is 30.3 Å². The fraction of sp³-hybridized carbons (Fsp3) is 0.472. The van der Waals surface area contributed by atoms with Crippen LogP contribution in [-0.2, 0) is 0 Å². The standard InChI is InChI=1S/C33H36FN5O3.C2H6.CH4O/c1-5-13-35-30-29-27(37-32(38-30)41-19-33-11-7-14-39(33)15-8-12-33)18-26(36-31(29)42-20(3)4)24-17-22(40)16-21-9-10-25(34)23(6-2)28(21)24;2*1-2/h2,9-10,16-18,20,40H,5,7-8,11-15,19H2,1,3-4H3,(H,35,37,38);1-2H3;2H,1H3. The molecule has 0 atom stereocenters. The van der Waals surface area contributed by atoms with Crippen LogP contribution in [0.2, 0.25) is 0 Å². The average Bonchev–Trinajstić information content (AvgIpc) is 3.64. The molecular formula is C36H46FN5O4. The van der Waals surface area contributed by atoms with E-state index in [1.54, 1.807) is 24.3 Å². The summed E-state index contributed by atoms with van der Waals surface area (Å²) in [6, 6.07) is 8.07. The molecule has 2 aliphatic rings. The van der Waals surface area contributed by atoms with Crippen LogP contribution in [0.25, 0.3) is 32.9 Å². The second kappa shape index (κ2) is 15.4. The number of halogens is 1. The van der Waals surface area contributed by atoms with Gasteiger partial charge in [0.05, 0.1) is 28.4 Å². The summed E-state index contributed by atoms with van der Waals surface area (Å²) in [6.07, 6.45) is 11.0. The average molecular weight is 632 g/mol. The molecule has 46 heavy (non-hydrogen) atoms. The minimum absolute atomic E-state index is 0.00857. The molecule has 0 radical (unpaired) electrons. The minimum Gasteiger partial charge on any atom is -0.508 e. The number of hydrogen-bond acceptors (Lipinski definition) is 9. The Morgan fingerprint density at radius 3 is 2.43 bits per heavy atom. The Bertz CT molecular complexity index is 1690. The molecule has 10 heteroatoms. The van der Waals surface area contributed by atoms with Crippen LogP contribution in [-0.4, -0.2) is 75.1 Å². The van der Waals surface area contributed by atoms with Crippen molar-refractivity contribution >= 4 is 27.5 Å². The normalized spacial score (nSPS) is 15.0. The van der Waals surface area contributed by atoms with Gasteiger partial charge in [0.25, 0.3) is 0 Å². The number of nitrogens with zero attached hydrogens (tertiary/aromatic N) is 4. The minimum atomic E-state index is -0.521. The van der Waals surface area contributed by atoms with Gasteiger partial charge >= 0.3 is 6.01 Å². The van der Waals surface area contributed by atoms with Gasteiger partial charge in [-0.3, -0.25) is 4.90 Å². The highest BCUT2D eigenvalue weighted by Crippen LogP contribution is 2.41. The molecule has 0 spiro atoms. The Morgan fingerprint density at radius 1 is 1.07 bits per heavy atom. The lowest BCUT2D eigenvalue weighted by atomic mass is 9.95. The summed E-state index contributed by atoms with van der Waals surface area (Å²) in [6.45, 7) is 13.3. The Hall–Kier alpha value is -4.20. The molecule has 2 aliphatic heterocycles. The highest BCUT2D eigenvalue weighted by atomic mass is 19.1. The molecule has 2 aromatic carbocycles. The molecule has 0 amide bonds. The number of phenolic OH excluding ortho intramolecular Hbond substituents is 1. The first-order valence-electron chi connectivity index (χ1n) is 16.2. The van der Waals surface area contributed by atoms with Crippen LogP contribution in [0.3, 0.4) is 0 Å². The van der Waals surface area contributed by atoms with Gasteiger partial charge in [-0.15, -0.1) is 6.42 Å². The molecule has 6 rings (SSSR count). The van der Waals surface area contributed by atoms with Crippen molar-refractivity contribution in [1.29, 1.82) is 0 Å². The van der Waals surface area contributed by atoms with E-state index in [1.807, 2.05) is 27.7 Å². The number of nitrogens with one attached hydrogen (secondary N) is 1. The first kappa shape index (κ1) is 34.7. The third kappa shape index (κ3) is 6.96. The van der Waals surface area contributed by atoms with Gasteiger partial charge in [-0.25, -0.2) is 9.37 Å². The quantitative estimate of drug-likeness (QED) is 0.169. The van der Waals surface area contributed by atoms with E-state index >= 15 is 0 Å². The number of aliphatic hydroxyl groups excluding tert-OH is 1. The van der Waals surface area contributed by atoms with E-state index in [9.17, 15) is 9.50 Å². The molecule has 4 aromatic rings. The first-order chi connectivity index (χ1) is 22.3. The maximum Gasteiger partial charge on any atom is 0.319 e. The summed E-state index contributed by atoms with van der Waals surface area (Å²) < 4.78 is 27.4. The highest BCUT2D eigenvalue weighted by Gasteiger charge is 2.45. The molecule has 2 aromatic heterocycles. The highest BCUT2D eigenvalue weighted by molar-refractivity contribution is 6.03. The Kier molecular flexibility index (Phi) is 11.6. The van der Waals surface area contributed by atoms with Crippen LogP contribution in [0.5, 0.6) is 17.6 Å². The van der Waals surface area contributed by atoms with E-state index in [2.05, 4.69) is 23.1 Å². The van der Waals surface area contributed by atoms with Crippen molar-refractivity contribution in [2.75, 3.05) is 38.7 Å². The lowest BCUT2D eigenvalue weighted by Gasteiger charge is -2.31. The Balaban J connectivity index is 0.00000116. The molecule has 0 unspecified atom stereocenters. The van der Waals surface area contributed by atoms with Gasteiger partial charge < -0.3 is 25.0 Å². The van der Waals surface area contributed by atoms with Crippen molar-refractivity contribution in [3.8, 4) is 41.2 Å². The number of aliphatic hydroxyl groups is 1. The number of rotatable bonds is 9. The number of fused-ring (bicyclic) bond motifs is 3. The molecule has 0 saturated carbocycles. The second-order valence-corrected chi connectivity index (χ2v) is 11.5. The van der Waals surface area contributed by atoms with E-state index in [0.29, 0.717) is 57.8 Å². The maximum atomic E-state index is 14.9. The van der Waals surface area contributed by atoms with Gasteiger partial charge in [0.1, 0.15) is 29.4 Å². The second-order valence-electron chi connectivity index (χ2n) is 11.5. The summed E-state index contributed by atoms with van der Waals surface area (Å²) in [5.74, 6) is 2.87. The molecular weight excluding hydrogens is 585 g/mol. The number of ether oxygens (including phenoxy) is 2. The number of benzene rings is 2. The number of phenols is 1. The van der Waals surface area contributed by atoms with Crippen molar-refractivity contribution < 1.29 is 24.1 Å². The zero-order valence-corrected chi connectivity index (χ0v) is 27.8. The zero-order chi connectivity index (χ0) is 33.4. The summed E-state index contributed by atoms with van der Waals surface area (Å²) >= 11 is 0. The van der Waals surface area contributed by atoms with Crippen molar-refractivity contribution in [3.63, 3.8) is 0 Å². The lowest BCUT2D eigenvalue weighted by molar-refractivity contribution is 0.108. The molecule has 2 fully saturated rings. The van der Waals surface area contributed by atoms with Crippen molar-refractivity contribution in [2.24, 2.45) is 0 Å². The van der Waals surface area contributed by atoms with Crippen LogP contribution >= 0.6 is 0 Å².